The molecule has 0 spiro atoms. The van der Waals surface area contributed by atoms with Crippen LogP contribution >= 0.6 is 0 Å². The van der Waals surface area contributed by atoms with E-state index in [0.717, 1.165) is 37.5 Å². The second kappa shape index (κ2) is 16.5. The lowest BCUT2D eigenvalue weighted by Crippen LogP contribution is -2.40. The van der Waals surface area contributed by atoms with Gasteiger partial charge in [-0.05, 0) is 137 Å². The molecule has 2 saturated heterocycles. The maximum absolute atomic E-state index is 12.7. The third-order valence-corrected chi connectivity index (χ3v) is 13.3. The van der Waals surface area contributed by atoms with Crippen LogP contribution in [0.1, 0.15) is 149 Å². The highest BCUT2D eigenvalue weighted by atomic mass is 19.4. The molecule has 2 saturated carbocycles. The Morgan fingerprint density at radius 1 is 0.566 bits per heavy atom. The highest BCUT2D eigenvalue weighted by molar-refractivity contribution is 5.84. The van der Waals surface area contributed by atoms with Gasteiger partial charge in [0.25, 0.3) is 0 Å². The van der Waals surface area contributed by atoms with Crippen LogP contribution in [0.3, 0.4) is 0 Å². The van der Waals surface area contributed by atoms with E-state index in [-0.39, 0.29) is 23.9 Å². The van der Waals surface area contributed by atoms with Gasteiger partial charge in [-0.15, -0.1) is 0 Å². The number of nitrogens with zero attached hydrogens (tertiary/aromatic N) is 2. The van der Waals surface area contributed by atoms with E-state index in [1.165, 1.54) is 77.3 Å². The van der Waals surface area contributed by atoms with Gasteiger partial charge >= 0.3 is 12.1 Å². The maximum Gasteiger partial charge on any atom is 0.490 e. The summed E-state index contributed by atoms with van der Waals surface area (Å²) in [5.74, 6) is -1.12. The smallest absolute Gasteiger partial charge is 0.475 e. The first kappa shape index (κ1) is 37.9. The zero-order valence-electron chi connectivity index (χ0n) is 30.7. The van der Waals surface area contributed by atoms with Crippen LogP contribution in [0.5, 0.6) is 0 Å². The van der Waals surface area contributed by atoms with E-state index in [2.05, 4.69) is 69.0 Å². The summed E-state index contributed by atoms with van der Waals surface area (Å²) in [6.45, 7) is 2.41. The molecular formula is C42H55F3N4O4. The number of amides is 2. The van der Waals surface area contributed by atoms with Crippen LogP contribution < -0.4 is 10.6 Å². The number of carboxylic acid groups (broad SMARTS) is 1. The fourth-order valence-corrected chi connectivity index (χ4v) is 10.6. The van der Waals surface area contributed by atoms with Gasteiger partial charge in [0.15, 0.2) is 0 Å². The highest BCUT2D eigenvalue weighted by Gasteiger charge is 2.44. The van der Waals surface area contributed by atoms with Gasteiger partial charge in [0, 0.05) is 49.1 Å². The van der Waals surface area contributed by atoms with Crippen LogP contribution in [0.15, 0.2) is 48.5 Å². The molecule has 0 aromatic heterocycles. The van der Waals surface area contributed by atoms with E-state index >= 15 is 0 Å². The van der Waals surface area contributed by atoms with Crippen molar-refractivity contribution in [3.05, 3.63) is 70.8 Å². The van der Waals surface area contributed by atoms with Crippen LogP contribution in [0.4, 0.5) is 13.2 Å². The lowest BCUT2D eigenvalue weighted by Gasteiger charge is -2.31. The van der Waals surface area contributed by atoms with E-state index in [4.69, 9.17) is 9.90 Å². The number of aliphatic carboxylic acids is 1. The molecule has 0 unspecified atom stereocenters. The summed E-state index contributed by atoms with van der Waals surface area (Å²) in [4.78, 5) is 39.9. The van der Waals surface area contributed by atoms with Crippen molar-refractivity contribution >= 4 is 17.8 Å². The third kappa shape index (κ3) is 8.77. The summed E-state index contributed by atoms with van der Waals surface area (Å²) in [5, 5.41) is 13.6. The Bertz CT molecular complexity index is 1440. The average Bonchev–Trinajstić information content (AvgIpc) is 3.92. The van der Waals surface area contributed by atoms with Crippen LogP contribution in [-0.4, -0.2) is 64.0 Å². The Morgan fingerprint density at radius 3 is 1.15 bits per heavy atom. The first-order valence-electron chi connectivity index (χ1n) is 20.1. The quantitative estimate of drug-likeness (QED) is 0.215. The van der Waals surface area contributed by atoms with Crippen molar-refractivity contribution in [2.75, 3.05) is 13.1 Å². The molecular weight excluding hydrogens is 681 g/mol. The summed E-state index contributed by atoms with van der Waals surface area (Å²) < 4.78 is 31.7. The SMILES string of the molecule is O=C(CCC(=O)NC1CCC(CCN2[C@@H]3CC[C@H]2c2ccccc23)CC1)NC1CCC(CCN2[C@@H]3CC[C@H]2c2ccccc23)CC1.O=C(O)C(F)(F)F. The van der Waals surface area contributed by atoms with E-state index in [9.17, 15) is 22.8 Å². The average molecular weight is 737 g/mol. The molecule has 4 aliphatic heterocycles. The van der Waals surface area contributed by atoms with Gasteiger partial charge in [0.05, 0.1) is 0 Å². The van der Waals surface area contributed by atoms with Gasteiger partial charge in [0.1, 0.15) is 0 Å². The van der Waals surface area contributed by atoms with Gasteiger partial charge in [-0.1, -0.05) is 48.5 Å². The fraction of sp³-hybridized carbons (Fsp3) is 0.643. The molecule has 6 aliphatic rings. The first-order chi connectivity index (χ1) is 25.5. The Hall–Kier alpha value is -3.44. The molecule has 2 aromatic rings. The van der Waals surface area contributed by atoms with Crippen molar-refractivity contribution in [2.24, 2.45) is 11.8 Å². The zero-order chi connectivity index (χ0) is 37.1. The predicted octanol–water partition coefficient (Wildman–Crippen LogP) is 8.31. The lowest BCUT2D eigenvalue weighted by atomic mass is 9.83. The summed E-state index contributed by atoms with van der Waals surface area (Å²) in [7, 11) is 0. The van der Waals surface area contributed by atoms with Crippen molar-refractivity contribution in [1.82, 2.24) is 20.4 Å². The number of hydrogen-bond acceptors (Lipinski definition) is 5. The second-order valence-corrected chi connectivity index (χ2v) is 16.4. The number of carbonyl (C=O) groups is 3. The van der Waals surface area contributed by atoms with E-state index < -0.39 is 12.1 Å². The normalized spacial score (nSPS) is 30.2. The zero-order valence-corrected chi connectivity index (χ0v) is 30.7. The third-order valence-electron chi connectivity index (χ3n) is 13.3. The molecule has 4 atom stereocenters. The van der Waals surface area contributed by atoms with Crippen molar-refractivity contribution in [1.29, 1.82) is 0 Å². The summed E-state index contributed by atoms with van der Waals surface area (Å²) in [5.41, 5.74) is 6.31. The van der Waals surface area contributed by atoms with Gasteiger partial charge in [-0.25, -0.2) is 4.79 Å². The molecule has 288 valence electrons. The molecule has 8 nitrogen and oxygen atoms in total. The minimum atomic E-state index is -5.08. The van der Waals surface area contributed by atoms with E-state index in [1.807, 2.05) is 0 Å². The molecule has 4 fully saturated rings. The number of hydrogen-bond donors (Lipinski definition) is 3. The molecule has 11 heteroatoms. The minimum Gasteiger partial charge on any atom is -0.475 e. The molecule has 2 aliphatic carbocycles. The Labute approximate surface area is 311 Å². The van der Waals surface area contributed by atoms with Crippen LogP contribution in [0.2, 0.25) is 0 Å². The molecule has 0 radical (unpaired) electrons. The molecule has 2 aromatic carbocycles. The van der Waals surface area contributed by atoms with Crippen LogP contribution in [0, 0.1) is 11.8 Å². The van der Waals surface area contributed by atoms with Gasteiger partial charge < -0.3 is 15.7 Å². The number of benzene rings is 2. The van der Waals surface area contributed by atoms with Gasteiger partial charge in [-0.3, -0.25) is 19.4 Å². The monoisotopic (exact) mass is 736 g/mol. The van der Waals surface area contributed by atoms with Crippen molar-refractivity contribution in [2.45, 2.75) is 145 Å². The first-order valence-corrected chi connectivity index (χ1v) is 20.1. The van der Waals surface area contributed by atoms with E-state index in [0.29, 0.717) is 37.0 Å². The fourth-order valence-electron chi connectivity index (χ4n) is 10.6. The Kier molecular flexibility index (Phi) is 11.8. The van der Waals surface area contributed by atoms with Crippen molar-refractivity contribution < 1.29 is 32.7 Å². The van der Waals surface area contributed by atoms with Crippen LogP contribution in [0.25, 0.3) is 0 Å². The molecule has 3 N–H and O–H groups in total. The number of fused-ring (bicyclic) bond motifs is 10. The number of alkyl halides is 3. The second-order valence-electron chi connectivity index (χ2n) is 16.4. The number of carboxylic acids is 1. The van der Waals surface area contributed by atoms with Gasteiger partial charge in [-0.2, -0.15) is 13.2 Å². The Balaban J connectivity index is 0.000000568. The summed E-state index contributed by atoms with van der Waals surface area (Å²) >= 11 is 0. The van der Waals surface area contributed by atoms with Crippen LogP contribution in [-0.2, 0) is 14.4 Å². The standard InChI is InChI=1S/C40H54N4O2.C2HF3O2/c45-39(41-29-13-9-27(10-14-29)23-25-43-35-17-18-36(43)32-6-2-1-5-31(32)35)21-22-40(46)42-30-15-11-28(12-16-30)24-26-44-37-19-20-38(44)34-8-4-3-7-33(34)37;3-2(4,5)1(6)7/h1-8,27-30,35-38H,9-26H2,(H,41,45)(H,42,46);(H,6,7)/t27?,28?,29?,30?,35-,36+,37-,38+;. The molecule has 4 bridgehead atoms. The van der Waals surface area contributed by atoms with Gasteiger partial charge in [0.2, 0.25) is 11.8 Å². The number of halogens is 3. The molecule has 4 heterocycles. The molecule has 2 amide bonds. The summed E-state index contributed by atoms with van der Waals surface area (Å²) in [6.07, 6.45) is 12.5. The Morgan fingerprint density at radius 2 is 0.868 bits per heavy atom. The lowest BCUT2D eigenvalue weighted by molar-refractivity contribution is -0.192. The van der Waals surface area contributed by atoms with E-state index in [1.54, 1.807) is 22.3 Å². The topological polar surface area (TPSA) is 102 Å². The maximum atomic E-state index is 12.7. The minimum absolute atomic E-state index is 0.0479. The number of rotatable bonds is 11. The van der Waals surface area contributed by atoms with Crippen molar-refractivity contribution in [3.63, 3.8) is 0 Å². The molecule has 8 rings (SSSR count). The van der Waals surface area contributed by atoms with Crippen molar-refractivity contribution in [3.8, 4) is 0 Å². The predicted molar refractivity (Wildman–Crippen MR) is 196 cm³/mol. The number of nitrogens with one attached hydrogen (secondary N) is 2. The number of carbonyl (C=O) groups excluding carboxylic acids is 2. The molecule has 53 heavy (non-hydrogen) atoms. The summed E-state index contributed by atoms with van der Waals surface area (Å²) in [6, 6.07) is 21.3. The highest BCUT2D eigenvalue weighted by Crippen LogP contribution is 2.54. The largest absolute Gasteiger partial charge is 0.490 e.